The molecule has 0 saturated heterocycles. The van der Waals surface area contributed by atoms with Crippen LogP contribution >= 0.6 is 11.8 Å². The summed E-state index contributed by atoms with van der Waals surface area (Å²) in [5.41, 5.74) is 6.83. The second kappa shape index (κ2) is 5.62. The number of nitrogen functional groups attached to an aromatic ring is 1. The molecule has 2 rings (SSSR count). The van der Waals surface area contributed by atoms with Crippen LogP contribution < -0.4 is 11.1 Å². The summed E-state index contributed by atoms with van der Waals surface area (Å²) >= 11 is 1.58. The minimum atomic E-state index is -1.07. The van der Waals surface area contributed by atoms with E-state index in [4.69, 9.17) is 10.8 Å². The Morgan fingerprint density at radius 2 is 2.11 bits per heavy atom. The summed E-state index contributed by atoms with van der Waals surface area (Å²) in [6, 6.07) is 9.05. The zero-order valence-corrected chi connectivity index (χ0v) is 11.1. The van der Waals surface area contributed by atoms with Gasteiger partial charge in [-0.25, -0.2) is 9.78 Å². The maximum absolute atomic E-state index is 11.0. The quantitative estimate of drug-likeness (QED) is 0.744. The first-order valence-electron chi connectivity index (χ1n) is 5.51. The Hall–Kier alpha value is -2.21. The van der Waals surface area contributed by atoms with Gasteiger partial charge in [0.15, 0.2) is 5.82 Å². The van der Waals surface area contributed by atoms with Crippen LogP contribution in [0, 0.1) is 0 Å². The van der Waals surface area contributed by atoms with Crippen molar-refractivity contribution >= 4 is 34.9 Å². The number of pyridine rings is 1. The summed E-state index contributed by atoms with van der Waals surface area (Å²) in [5, 5.41) is 12.1. The van der Waals surface area contributed by atoms with Crippen LogP contribution in [0.25, 0.3) is 0 Å². The summed E-state index contributed by atoms with van der Waals surface area (Å²) in [7, 11) is 0. The molecule has 0 bridgehead atoms. The number of hydrogen-bond donors (Lipinski definition) is 3. The van der Waals surface area contributed by atoms with E-state index < -0.39 is 5.97 Å². The molecular weight excluding hydrogens is 262 g/mol. The van der Waals surface area contributed by atoms with E-state index in [-0.39, 0.29) is 11.3 Å². The monoisotopic (exact) mass is 275 g/mol. The molecule has 1 aromatic carbocycles. The third kappa shape index (κ3) is 2.79. The standard InChI is InChI=1S/C13H13N3O2S/c1-19-10-5-3-2-4-9(10)16-12-11(14)8(13(17)18)6-7-15-12/h2-7H,14H2,1H3,(H,15,16)(H,17,18). The minimum Gasteiger partial charge on any atom is -0.478 e. The highest BCUT2D eigenvalue weighted by molar-refractivity contribution is 7.98. The van der Waals surface area contributed by atoms with Gasteiger partial charge in [0.05, 0.1) is 16.9 Å². The number of benzene rings is 1. The lowest BCUT2D eigenvalue weighted by Crippen LogP contribution is -2.07. The van der Waals surface area contributed by atoms with Gasteiger partial charge >= 0.3 is 5.97 Å². The van der Waals surface area contributed by atoms with E-state index in [0.717, 1.165) is 10.6 Å². The molecule has 6 heteroatoms. The first-order chi connectivity index (χ1) is 9.13. The first kappa shape index (κ1) is 13.2. The molecule has 4 N–H and O–H groups in total. The number of anilines is 3. The van der Waals surface area contributed by atoms with Crippen molar-refractivity contribution in [2.75, 3.05) is 17.3 Å². The lowest BCUT2D eigenvalue weighted by molar-refractivity contribution is 0.0698. The molecule has 0 saturated carbocycles. The van der Waals surface area contributed by atoms with Crippen LogP contribution in [0.15, 0.2) is 41.4 Å². The number of hydrogen-bond acceptors (Lipinski definition) is 5. The Morgan fingerprint density at radius 1 is 1.37 bits per heavy atom. The molecule has 0 aliphatic rings. The fourth-order valence-electron chi connectivity index (χ4n) is 1.63. The molecule has 0 amide bonds. The summed E-state index contributed by atoms with van der Waals surface area (Å²) in [4.78, 5) is 16.1. The van der Waals surface area contributed by atoms with E-state index in [2.05, 4.69) is 10.3 Å². The number of thioether (sulfide) groups is 1. The van der Waals surface area contributed by atoms with Crippen molar-refractivity contribution in [2.24, 2.45) is 0 Å². The summed E-state index contributed by atoms with van der Waals surface area (Å²) < 4.78 is 0. The van der Waals surface area contributed by atoms with Crippen molar-refractivity contribution in [2.45, 2.75) is 4.90 Å². The highest BCUT2D eigenvalue weighted by Gasteiger charge is 2.13. The van der Waals surface area contributed by atoms with Crippen molar-refractivity contribution in [1.82, 2.24) is 4.98 Å². The van der Waals surface area contributed by atoms with Gasteiger partial charge in [-0.1, -0.05) is 12.1 Å². The van der Waals surface area contributed by atoms with Crippen LogP contribution in [0.4, 0.5) is 17.2 Å². The normalized spacial score (nSPS) is 10.2. The molecule has 1 heterocycles. The number of nitrogens with zero attached hydrogens (tertiary/aromatic N) is 1. The number of rotatable bonds is 4. The highest BCUT2D eigenvalue weighted by Crippen LogP contribution is 2.30. The number of para-hydroxylation sites is 1. The van der Waals surface area contributed by atoms with Gasteiger partial charge < -0.3 is 16.2 Å². The van der Waals surface area contributed by atoms with Gasteiger partial charge in [0.1, 0.15) is 0 Å². The van der Waals surface area contributed by atoms with Gasteiger partial charge in [-0.2, -0.15) is 0 Å². The van der Waals surface area contributed by atoms with Crippen LogP contribution in [-0.4, -0.2) is 22.3 Å². The fraction of sp³-hybridized carbons (Fsp3) is 0.0769. The zero-order chi connectivity index (χ0) is 13.8. The van der Waals surface area contributed by atoms with Crippen molar-refractivity contribution in [3.63, 3.8) is 0 Å². The molecule has 2 aromatic rings. The molecule has 98 valence electrons. The van der Waals surface area contributed by atoms with Crippen LogP contribution in [0.5, 0.6) is 0 Å². The number of nitrogens with two attached hydrogens (primary N) is 1. The Morgan fingerprint density at radius 3 is 2.79 bits per heavy atom. The van der Waals surface area contributed by atoms with Crippen LogP contribution in [0.2, 0.25) is 0 Å². The van der Waals surface area contributed by atoms with Gasteiger partial charge in [0, 0.05) is 11.1 Å². The number of nitrogens with one attached hydrogen (secondary N) is 1. The number of aromatic nitrogens is 1. The fourth-order valence-corrected chi connectivity index (χ4v) is 2.19. The largest absolute Gasteiger partial charge is 0.478 e. The number of carboxylic acid groups (broad SMARTS) is 1. The Kier molecular flexibility index (Phi) is 3.91. The van der Waals surface area contributed by atoms with Gasteiger partial charge in [-0.15, -0.1) is 11.8 Å². The highest BCUT2D eigenvalue weighted by atomic mass is 32.2. The van der Waals surface area contributed by atoms with E-state index >= 15 is 0 Å². The molecular formula is C13H13N3O2S. The number of carboxylic acids is 1. The molecule has 19 heavy (non-hydrogen) atoms. The van der Waals surface area contributed by atoms with E-state index in [1.54, 1.807) is 11.8 Å². The predicted molar refractivity (Wildman–Crippen MR) is 77.1 cm³/mol. The number of carbonyl (C=O) groups is 1. The molecule has 0 atom stereocenters. The summed E-state index contributed by atoms with van der Waals surface area (Å²) in [6.45, 7) is 0. The molecule has 0 unspecified atom stereocenters. The Labute approximate surface area is 114 Å². The average Bonchev–Trinajstić information content (AvgIpc) is 2.41. The smallest absolute Gasteiger partial charge is 0.337 e. The average molecular weight is 275 g/mol. The molecule has 1 aromatic heterocycles. The lowest BCUT2D eigenvalue weighted by Gasteiger charge is -2.12. The third-order valence-corrected chi connectivity index (χ3v) is 3.38. The van der Waals surface area contributed by atoms with Crippen molar-refractivity contribution in [1.29, 1.82) is 0 Å². The summed E-state index contributed by atoms with van der Waals surface area (Å²) in [6.07, 6.45) is 3.38. The second-order valence-corrected chi connectivity index (χ2v) is 4.60. The van der Waals surface area contributed by atoms with E-state index in [0.29, 0.717) is 5.82 Å². The number of aromatic carboxylic acids is 1. The lowest BCUT2D eigenvalue weighted by atomic mass is 10.2. The topological polar surface area (TPSA) is 88.2 Å². The van der Waals surface area contributed by atoms with E-state index in [1.165, 1.54) is 12.3 Å². The SMILES string of the molecule is CSc1ccccc1Nc1nccc(C(=O)O)c1N. The minimum absolute atomic E-state index is 0.0409. The van der Waals surface area contributed by atoms with Gasteiger partial charge in [-0.3, -0.25) is 0 Å². The van der Waals surface area contributed by atoms with Crippen molar-refractivity contribution < 1.29 is 9.90 Å². The molecule has 0 aliphatic heterocycles. The maximum atomic E-state index is 11.0. The van der Waals surface area contributed by atoms with E-state index in [9.17, 15) is 4.79 Å². The van der Waals surface area contributed by atoms with Crippen LogP contribution in [0.1, 0.15) is 10.4 Å². The van der Waals surface area contributed by atoms with Crippen LogP contribution in [0.3, 0.4) is 0 Å². The molecule has 0 spiro atoms. The van der Waals surface area contributed by atoms with Gasteiger partial charge in [0.2, 0.25) is 0 Å². The summed E-state index contributed by atoms with van der Waals surface area (Å²) in [5.74, 6) is -0.720. The van der Waals surface area contributed by atoms with Crippen molar-refractivity contribution in [3.8, 4) is 0 Å². The Balaban J connectivity index is 2.39. The molecule has 0 aliphatic carbocycles. The maximum Gasteiger partial charge on any atom is 0.337 e. The molecule has 0 radical (unpaired) electrons. The van der Waals surface area contributed by atoms with Crippen LogP contribution in [-0.2, 0) is 0 Å². The molecule has 5 nitrogen and oxygen atoms in total. The zero-order valence-electron chi connectivity index (χ0n) is 10.3. The first-order valence-corrected chi connectivity index (χ1v) is 6.73. The Bertz CT molecular complexity index is 617. The van der Waals surface area contributed by atoms with Crippen molar-refractivity contribution in [3.05, 3.63) is 42.1 Å². The molecule has 0 fully saturated rings. The predicted octanol–water partition coefficient (Wildman–Crippen LogP) is 2.83. The van der Waals surface area contributed by atoms with E-state index in [1.807, 2.05) is 30.5 Å². The third-order valence-electron chi connectivity index (χ3n) is 2.58. The van der Waals surface area contributed by atoms with Gasteiger partial charge in [-0.05, 0) is 24.5 Å². The van der Waals surface area contributed by atoms with Gasteiger partial charge in [0.25, 0.3) is 0 Å². The second-order valence-electron chi connectivity index (χ2n) is 3.75.